The molecule has 0 spiro atoms. The number of benzene rings is 1. The second kappa shape index (κ2) is 10.7. The van der Waals surface area contributed by atoms with E-state index < -0.39 is 0 Å². The first-order chi connectivity index (χ1) is 15.5. The van der Waals surface area contributed by atoms with Crippen molar-refractivity contribution in [3.05, 3.63) is 40.9 Å². The summed E-state index contributed by atoms with van der Waals surface area (Å²) in [6.45, 7) is 8.33. The molecule has 32 heavy (non-hydrogen) atoms. The SMILES string of the molecule is CC1CCN(c2cc(N3CCCC[C@@H]3C)nc(NC(=S)NCc3ccc(Cl)cc3)n2)CC1. The molecule has 8 heteroatoms. The Morgan fingerprint density at radius 1 is 1.03 bits per heavy atom. The number of nitrogens with zero attached hydrogens (tertiary/aromatic N) is 4. The fourth-order valence-electron chi connectivity index (χ4n) is 4.39. The van der Waals surface area contributed by atoms with E-state index in [9.17, 15) is 0 Å². The average molecular weight is 473 g/mol. The summed E-state index contributed by atoms with van der Waals surface area (Å²) in [6, 6.07) is 10.4. The first-order valence-corrected chi connectivity index (χ1v) is 12.5. The summed E-state index contributed by atoms with van der Waals surface area (Å²) in [5.74, 6) is 3.31. The van der Waals surface area contributed by atoms with Crippen molar-refractivity contribution in [2.45, 2.75) is 58.5 Å². The molecule has 0 amide bonds. The Kier molecular flexibility index (Phi) is 7.68. The van der Waals surface area contributed by atoms with Crippen LogP contribution >= 0.6 is 23.8 Å². The standard InChI is InChI=1S/C24H33ClN6S/c1-17-10-13-30(14-11-17)21-15-22(31-12-4-3-5-18(31)2)28-23(27-21)29-24(32)26-16-19-6-8-20(25)9-7-19/h6-9,15,17-18H,3-5,10-14,16H2,1-2H3,(H2,26,27,28,29,32)/t18-/m0/s1. The van der Waals surface area contributed by atoms with Crippen molar-refractivity contribution >= 4 is 46.5 Å². The van der Waals surface area contributed by atoms with Crippen LogP contribution in [0.25, 0.3) is 0 Å². The Morgan fingerprint density at radius 2 is 1.75 bits per heavy atom. The summed E-state index contributed by atoms with van der Waals surface area (Å²) in [6.07, 6.45) is 6.08. The van der Waals surface area contributed by atoms with Gasteiger partial charge in [0.05, 0.1) is 0 Å². The average Bonchev–Trinajstić information content (AvgIpc) is 2.79. The van der Waals surface area contributed by atoms with Crippen molar-refractivity contribution in [3.8, 4) is 0 Å². The molecule has 0 bridgehead atoms. The van der Waals surface area contributed by atoms with Crippen molar-refractivity contribution in [1.82, 2.24) is 15.3 Å². The number of anilines is 3. The summed E-state index contributed by atoms with van der Waals surface area (Å²) in [7, 11) is 0. The molecule has 0 unspecified atom stereocenters. The first kappa shape index (κ1) is 23.1. The van der Waals surface area contributed by atoms with Crippen LogP contribution in [-0.2, 0) is 6.54 Å². The molecule has 0 saturated carbocycles. The second-order valence-electron chi connectivity index (χ2n) is 9.05. The number of halogens is 1. The van der Waals surface area contributed by atoms with Gasteiger partial charge in [0.1, 0.15) is 11.6 Å². The predicted molar refractivity (Wildman–Crippen MR) is 138 cm³/mol. The number of aromatic nitrogens is 2. The maximum absolute atomic E-state index is 5.97. The Hall–Kier alpha value is -2.12. The molecule has 0 aliphatic carbocycles. The van der Waals surface area contributed by atoms with Crippen molar-refractivity contribution in [3.63, 3.8) is 0 Å². The third kappa shape index (κ3) is 6.01. The van der Waals surface area contributed by atoms with Gasteiger partial charge in [0.25, 0.3) is 0 Å². The van der Waals surface area contributed by atoms with Crippen molar-refractivity contribution < 1.29 is 0 Å². The van der Waals surface area contributed by atoms with Gasteiger partial charge in [-0.15, -0.1) is 0 Å². The van der Waals surface area contributed by atoms with Crippen LogP contribution in [-0.4, -0.2) is 40.8 Å². The third-order valence-electron chi connectivity index (χ3n) is 6.50. The monoisotopic (exact) mass is 472 g/mol. The zero-order chi connectivity index (χ0) is 22.5. The quantitative estimate of drug-likeness (QED) is 0.577. The van der Waals surface area contributed by atoms with E-state index in [0.717, 1.165) is 47.8 Å². The number of piperidine rings is 2. The smallest absolute Gasteiger partial charge is 0.232 e. The minimum Gasteiger partial charge on any atom is -0.358 e. The first-order valence-electron chi connectivity index (χ1n) is 11.7. The van der Waals surface area contributed by atoms with E-state index in [1.807, 2.05) is 24.3 Å². The fourth-order valence-corrected chi connectivity index (χ4v) is 4.68. The zero-order valence-electron chi connectivity index (χ0n) is 19.0. The molecule has 172 valence electrons. The van der Waals surface area contributed by atoms with E-state index >= 15 is 0 Å². The van der Waals surface area contributed by atoms with E-state index in [2.05, 4.69) is 40.3 Å². The Bertz CT molecular complexity index is 913. The Morgan fingerprint density at radius 3 is 2.47 bits per heavy atom. The lowest BCUT2D eigenvalue weighted by molar-refractivity contribution is 0.436. The number of rotatable bonds is 5. The van der Waals surface area contributed by atoms with Crippen LogP contribution in [0.3, 0.4) is 0 Å². The number of thiocarbonyl (C=S) groups is 1. The highest BCUT2D eigenvalue weighted by Gasteiger charge is 2.24. The van der Waals surface area contributed by atoms with Crippen LogP contribution in [0.2, 0.25) is 5.02 Å². The normalized spacial score (nSPS) is 19.7. The summed E-state index contributed by atoms with van der Waals surface area (Å²) in [5.41, 5.74) is 1.11. The lowest BCUT2D eigenvalue weighted by Gasteiger charge is -2.36. The summed E-state index contributed by atoms with van der Waals surface area (Å²) in [4.78, 5) is 14.5. The Balaban J connectivity index is 1.50. The molecule has 1 aromatic heterocycles. The molecule has 0 radical (unpaired) electrons. The van der Waals surface area contributed by atoms with Crippen molar-refractivity contribution in [2.24, 2.45) is 5.92 Å². The highest BCUT2D eigenvalue weighted by Crippen LogP contribution is 2.29. The number of hydrogen-bond donors (Lipinski definition) is 2. The zero-order valence-corrected chi connectivity index (χ0v) is 20.6. The molecule has 2 saturated heterocycles. The maximum atomic E-state index is 5.97. The Labute approximate surface area is 201 Å². The lowest BCUT2D eigenvalue weighted by Crippen LogP contribution is -2.39. The second-order valence-corrected chi connectivity index (χ2v) is 9.89. The highest BCUT2D eigenvalue weighted by molar-refractivity contribution is 7.80. The highest BCUT2D eigenvalue weighted by atomic mass is 35.5. The molecule has 2 aromatic rings. The fraction of sp³-hybridized carbons (Fsp3) is 0.542. The lowest BCUT2D eigenvalue weighted by atomic mass is 9.99. The van der Waals surface area contributed by atoms with Crippen LogP contribution in [0, 0.1) is 5.92 Å². The van der Waals surface area contributed by atoms with Crippen LogP contribution in [0.5, 0.6) is 0 Å². The van der Waals surface area contributed by atoms with Crippen molar-refractivity contribution in [2.75, 3.05) is 34.8 Å². The molecule has 3 heterocycles. The molecular formula is C24H33ClN6S. The minimum absolute atomic E-state index is 0.482. The predicted octanol–water partition coefficient (Wildman–Crippen LogP) is 5.23. The summed E-state index contributed by atoms with van der Waals surface area (Å²) in [5, 5.41) is 7.72. The van der Waals surface area contributed by atoms with Crippen LogP contribution in [0.4, 0.5) is 17.6 Å². The van der Waals surface area contributed by atoms with Gasteiger partial charge in [0.15, 0.2) is 5.11 Å². The number of nitrogens with one attached hydrogen (secondary N) is 2. The minimum atomic E-state index is 0.482. The molecule has 2 fully saturated rings. The van der Waals surface area contributed by atoms with Gasteiger partial charge >= 0.3 is 0 Å². The van der Waals surface area contributed by atoms with E-state index in [-0.39, 0.29) is 0 Å². The third-order valence-corrected chi connectivity index (χ3v) is 6.99. The maximum Gasteiger partial charge on any atom is 0.232 e. The van der Waals surface area contributed by atoms with Gasteiger partial charge in [-0.05, 0) is 74.9 Å². The van der Waals surface area contributed by atoms with E-state index in [1.165, 1.54) is 32.1 Å². The molecule has 2 N–H and O–H groups in total. The summed E-state index contributed by atoms with van der Waals surface area (Å²) >= 11 is 11.5. The van der Waals surface area contributed by atoms with Gasteiger partial charge in [0.2, 0.25) is 5.95 Å². The van der Waals surface area contributed by atoms with E-state index in [0.29, 0.717) is 23.6 Å². The molecule has 4 rings (SSSR count). The molecule has 1 aromatic carbocycles. The topological polar surface area (TPSA) is 56.3 Å². The summed E-state index contributed by atoms with van der Waals surface area (Å²) < 4.78 is 0. The van der Waals surface area contributed by atoms with Gasteiger partial charge in [-0.2, -0.15) is 9.97 Å². The van der Waals surface area contributed by atoms with Gasteiger partial charge in [-0.25, -0.2) is 0 Å². The van der Waals surface area contributed by atoms with E-state index in [4.69, 9.17) is 33.8 Å². The van der Waals surface area contributed by atoms with Crippen LogP contribution in [0.15, 0.2) is 30.3 Å². The van der Waals surface area contributed by atoms with Gasteiger partial charge in [0, 0.05) is 43.3 Å². The van der Waals surface area contributed by atoms with Gasteiger partial charge in [-0.3, -0.25) is 0 Å². The molecule has 2 aliphatic heterocycles. The molecule has 1 atom stereocenters. The largest absolute Gasteiger partial charge is 0.358 e. The van der Waals surface area contributed by atoms with Crippen molar-refractivity contribution in [1.29, 1.82) is 0 Å². The molecular weight excluding hydrogens is 440 g/mol. The number of hydrogen-bond acceptors (Lipinski definition) is 5. The van der Waals surface area contributed by atoms with Gasteiger partial charge < -0.3 is 20.4 Å². The molecule has 2 aliphatic rings. The van der Waals surface area contributed by atoms with E-state index in [1.54, 1.807) is 0 Å². The van der Waals surface area contributed by atoms with Crippen LogP contribution in [0.1, 0.15) is 51.5 Å². The van der Waals surface area contributed by atoms with Crippen LogP contribution < -0.4 is 20.4 Å². The van der Waals surface area contributed by atoms with Gasteiger partial charge in [-0.1, -0.05) is 30.7 Å². The molecule has 6 nitrogen and oxygen atoms in total.